The van der Waals surface area contributed by atoms with E-state index in [9.17, 15) is 0 Å². The Labute approximate surface area is 76.1 Å². The molecule has 1 aliphatic rings. The molecule has 0 radical (unpaired) electrons. The lowest BCUT2D eigenvalue weighted by atomic mass is 10.3. The molecule has 3 heteroatoms. The van der Waals surface area contributed by atoms with Gasteiger partial charge in [0.15, 0.2) is 0 Å². The van der Waals surface area contributed by atoms with E-state index >= 15 is 0 Å². The van der Waals surface area contributed by atoms with Crippen LogP contribution in [0.5, 0.6) is 0 Å². The summed E-state index contributed by atoms with van der Waals surface area (Å²) >= 11 is 2.38. The largest absolute Gasteiger partial charge is 0.364 e. The SMILES string of the molecule is CN1CCOC(C)(I)CC1. The van der Waals surface area contributed by atoms with E-state index in [1.54, 1.807) is 0 Å². The van der Waals surface area contributed by atoms with Crippen molar-refractivity contribution in [1.29, 1.82) is 0 Å². The summed E-state index contributed by atoms with van der Waals surface area (Å²) in [6, 6.07) is 0. The molecule has 0 aromatic rings. The Kier molecular flexibility index (Phi) is 2.94. The Morgan fingerprint density at radius 1 is 1.50 bits per heavy atom. The molecule has 0 saturated carbocycles. The molecule has 0 N–H and O–H groups in total. The van der Waals surface area contributed by atoms with Crippen LogP contribution >= 0.6 is 22.6 Å². The van der Waals surface area contributed by atoms with E-state index in [2.05, 4.69) is 41.5 Å². The van der Waals surface area contributed by atoms with Crippen molar-refractivity contribution in [3.63, 3.8) is 0 Å². The Bertz CT molecular complexity index is 116. The van der Waals surface area contributed by atoms with E-state index in [0.29, 0.717) is 0 Å². The van der Waals surface area contributed by atoms with Gasteiger partial charge in [-0.1, -0.05) is 0 Å². The summed E-state index contributed by atoms with van der Waals surface area (Å²) in [5, 5.41) is 0. The van der Waals surface area contributed by atoms with Crippen LogP contribution in [0.25, 0.3) is 0 Å². The smallest absolute Gasteiger partial charge is 0.117 e. The maximum Gasteiger partial charge on any atom is 0.117 e. The summed E-state index contributed by atoms with van der Waals surface area (Å²) in [7, 11) is 2.14. The van der Waals surface area contributed by atoms with Gasteiger partial charge in [-0.15, -0.1) is 0 Å². The highest BCUT2D eigenvalue weighted by molar-refractivity contribution is 14.1. The highest BCUT2D eigenvalue weighted by Gasteiger charge is 2.23. The monoisotopic (exact) mass is 255 g/mol. The average Bonchev–Trinajstić information content (AvgIpc) is 1.94. The fraction of sp³-hybridized carbons (Fsp3) is 1.00. The van der Waals surface area contributed by atoms with Crippen LogP contribution in [0.4, 0.5) is 0 Å². The van der Waals surface area contributed by atoms with Crippen molar-refractivity contribution in [2.75, 3.05) is 26.7 Å². The predicted octanol–water partition coefficient (Wildman–Crippen LogP) is 1.49. The van der Waals surface area contributed by atoms with Crippen molar-refractivity contribution in [3.8, 4) is 0 Å². The molecule has 1 heterocycles. The topological polar surface area (TPSA) is 12.5 Å². The maximum atomic E-state index is 5.61. The van der Waals surface area contributed by atoms with Gasteiger partial charge in [-0.25, -0.2) is 0 Å². The minimum atomic E-state index is 0.0719. The van der Waals surface area contributed by atoms with Crippen LogP contribution in [-0.4, -0.2) is 35.3 Å². The van der Waals surface area contributed by atoms with E-state index in [1.165, 1.54) is 0 Å². The van der Waals surface area contributed by atoms with E-state index < -0.39 is 0 Å². The summed E-state index contributed by atoms with van der Waals surface area (Å²) in [6.07, 6.45) is 1.13. The number of alkyl halides is 1. The van der Waals surface area contributed by atoms with Crippen molar-refractivity contribution in [1.82, 2.24) is 4.90 Å². The summed E-state index contributed by atoms with van der Waals surface area (Å²) in [6.45, 7) is 5.24. The van der Waals surface area contributed by atoms with Gasteiger partial charge in [-0.3, -0.25) is 0 Å². The quantitative estimate of drug-likeness (QED) is 0.480. The molecular formula is C7H14INO. The van der Waals surface area contributed by atoms with Gasteiger partial charge in [0.1, 0.15) is 3.61 Å². The maximum absolute atomic E-state index is 5.61. The number of halogens is 1. The number of hydrogen-bond acceptors (Lipinski definition) is 2. The van der Waals surface area contributed by atoms with Crippen molar-refractivity contribution in [2.24, 2.45) is 0 Å². The second-order valence-corrected chi connectivity index (χ2v) is 5.29. The molecule has 1 saturated heterocycles. The summed E-state index contributed by atoms with van der Waals surface area (Å²) in [5.41, 5.74) is 0. The molecule has 1 rings (SSSR count). The average molecular weight is 255 g/mol. The lowest BCUT2D eigenvalue weighted by Gasteiger charge is -2.19. The molecule has 1 unspecified atom stereocenters. The first-order chi connectivity index (χ1) is 4.60. The van der Waals surface area contributed by atoms with Gasteiger partial charge in [-0.2, -0.15) is 0 Å². The van der Waals surface area contributed by atoms with E-state index in [1.807, 2.05) is 0 Å². The minimum Gasteiger partial charge on any atom is -0.364 e. The molecular weight excluding hydrogens is 241 g/mol. The normalized spacial score (nSPS) is 37.5. The summed E-state index contributed by atoms with van der Waals surface area (Å²) < 4.78 is 5.68. The van der Waals surface area contributed by atoms with Gasteiger partial charge in [-0.05, 0) is 43.0 Å². The second kappa shape index (κ2) is 3.36. The van der Waals surface area contributed by atoms with Gasteiger partial charge in [0.05, 0.1) is 6.61 Å². The van der Waals surface area contributed by atoms with Crippen LogP contribution in [0.15, 0.2) is 0 Å². The molecule has 2 nitrogen and oxygen atoms in total. The van der Waals surface area contributed by atoms with Crippen LogP contribution in [-0.2, 0) is 4.74 Å². The molecule has 0 aliphatic carbocycles. The third-order valence-corrected chi connectivity index (χ3v) is 2.67. The first kappa shape index (κ1) is 8.74. The molecule has 1 atom stereocenters. The van der Waals surface area contributed by atoms with Gasteiger partial charge in [0, 0.05) is 13.1 Å². The number of ether oxygens (including phenoxy) is 1. The number of likely N-dealkylation sites (N-methyl/N-ethyl adjacent to an activating group) is 1. The van der Waals surface area contributed by atoms with Crippen molar-refractivity contribution >= 4 is 22.6 Å². The van der Waals surface area contributed by atoms with E-state index in [4.69, 9.17) is 4.74 Å². The van der Waals surface area contributed by atoms with Gasteiger partial charge < -0.3 is 9.64 Å². The molecule has 0 spiro atoms. The molecule has 0 aromatic heterocycles. The van der Waals surface area contributed by atoms with E-state index in [-0.39, 0.29) is 3.61 Å². The summed E-state index contributed by atoms with van der Waals surface area (Å²) in [4.78, 5) is 2.31. The van der Waals surface area contributed by atoms with Gasteiger partial charge >= 0.3 is 0 Å². The Balaban J connectivity index is 2.41. The lowest BCUT2D eigenvalue weighted by Crippen LogP contribution is -2.21. The molecule has 0 amide bonds. The molecule has 0 bridgehead atoms. The first-order valence-electron chi connectivity index (χ1n) is 3.62. The highest BCUT2D eigenvalue weighted by atomic mass is 127. The molecule has 1 aliphatic heterocycles. The van der Waals surface area contributed by atoms with Gasteiger partial charge in [0.25, 0.3) is 0 Å². The predicted molar refractivity (Wildman–Crippen MR) is 50.5 cm³/mol. The van der Waals surface area contributed by atoms with E-state index in [0.717, 1.165) is 26.1 Å². The number of hydrogen-bond donors (Lipinski definition) is 0. The standard InChI is InChI=1S/C7H14INO/c1-7(8)3-4-9(2)5-6-10-7/h3-6H2,1-2H3. The molecule has 10 heavy (non-hydrogen) atoms. The number of rotatable bonds is 0. The lowest BCUT2D eigenvalue weighted by molar-refractivity contribution is 0.0625. The molecule has 0 aromatic carbocycles. The highest BCUT2D eigenvalue weighted by Crippen LogP contribution is 2.25. The number of nitrogens with zero attached hydrogens (tertiary/aromatic N) is 1. The van der Waals surface area contributed by atoms with Crippen LogP contribution in [0, 0.1) is 0 Å². The zero-order valence-electron chi connectivity index (χ0n) is 6.56. The first-order valence-corrected chi connectivity index (χ1v) is 4.69. The zero-order chi connectivity index (χ0) is 7.61. The third kappa shape index (κ3) is 2.72. The van der Waals surface area contributed by atoms with Crippen LogP contribution in [0.1, 0.15) is 13.3 Å². The van der Waals surface area contributed by atoms with Crippen molar-refractivity contribution in [3.05, 3.63) is 0 Å². The third-order valence-electron chi connectivity index (χ3n) is 1.82. The Hall–Kier alpha value is 0.650. The molecule has 1 fully saturated rings. The second-order valence-electron chi connectivity index (χ2n) is 3.00. The Morgan fingerprint density at radius 3 is 2.90 bits per heavy atom. The minimum absolute atomic E-state index is 0.0719. The van der Waals surface area contributed by atoms with Crippen LogP contribution < -0.4 is 0 Å². The Morgan fingerprint density at radius 2 is 2.20 bits per heavy atom. The van der Waals surface area contributed by atoms with Crippen molar-refractivity contribution in [2.45, 2.75) is 17.0 Å². The van der Waals surface area contributed by atoms with Crippen LogP contribution in [0.2, 0.25) is 0 Å². The fourth-order valence-electron chi connectivity index (χ4n) is 0.989. The summed E-state index contributed by atoms with van der Waals surface area (Å²) in [5.74, 6) is 0. The zero-order valence-corrected chi connectivity index (χ0v) is 8.72. The van der Waals surface area contributed by atoms with Crippen molar-refractivity contribution < 1.29 is 4.74 Å². The van der Waals surface area contributed by atoms with Crippen LogP contribution in [0.3, 0.4) is 0 Å². The van der Waals surface area contributed by atoms with Gasteiger partial charge in [0.2, 0.25) is 0 Å². The fourth-order valence-corrected chi connectivity index (χ4v) is 1.45. The molecule has 60 valence electrons.